The molecule has 0 amide bonds. The number of aryl methyl sites for hydroxylation is 3. The highest BCUT2D eigenvalue weighted by Crippen LogP contribution is 2.30. The van der Waals surface area contributed by atoms with Gasteiger partial charge in [-0.15, -0.1) is 0 Å². The molecular weight excluding hydrogens is 246 g/mol. The van der Waals surface area contributed by atoms with E-state index in [2.05, 4.69) is 40.6 Å². The number of nitrogens with one attached hydrogen (secondary N) is 2. The molecule has 1 aromatic heterocycles. The second-order valence-corrected chi connectivity index (χ2v) is 5.71. The van der Waals surface area contributed by atoms with Gasteiger partial charge >= 0.3 is 0 Å². The van der Waals surface area contributed by atoms with Crippen LogP contribution >= 0.6 is 0 Å². The number of aromatic nitrogens is 2. The van der Waals surface area contributed by atoms with Crippen LogP contribution < -0.4 is 5.32 Å². The maximum atomic E-state index is 4.48. The van der Waals surface area contributed by atoms with E-state index in [-0.39, 0.29) is 0 Å². The van der Waals surface area contributed by atoms with Crippen LogP contribution in [0.5, 0.6) is 0 Å². The Morgan fingerprint density at radius 3 is 2.80 bits per heavy atom. The minimum Gasteiger partial charge on any atom is -0.319 e. The molecule has 1 heterocycles. The van der Waals surface area contributed by atoms with E-state index >= 15 is 0 Å². The van der Waals surface area contributed by atoms with Crippen LogP contribution in [0.25, 0.3) is 11.1 Å². The smallest absolute Gasteiger partial charge is 0.0715 e. The van der Waals surface area contributed by atoms with E-state index in [1.54, 1.807) is 0 Å². The van der Waals surface area contributed by atoms with E-state index in [0.717, 1.165) is 13.0 Å². The van der Waals surface area contributed by atoms with Crippen LogP contribution in [0.1, 0.15) is 35.4 Å². The highest BCUT2D eigenvalue weighted by Gasteiger charge is 2.15. The van der Waals surface area contributed by atoms with Gasteiger partial charge in [0.25, 0.3) is 0 Å². The van der Waals surface area contributed by atoms with E-state index in [0.29, 0.717) is 0 Å². The van der Waals surface area contributed by atoms with Gasteiger partial charge in [-0.3, -0.25) is 5.10 Å². The third-order valence-corrected chi connectivity index (χ3v) is 4.27. The average Bonchev–Trinajstić information content (AvgIpc) is 2.85. The van der Waals surface area contributed by atoms with Crippen molar-refractivity contribution in [1.82, 2.24) is 15.5 Å². The first kappa shape index (κ1) is 13.4. The average molecular weight is 269 g/mol. The number of rotatable bonds is 4. The predicted molar refractivity (Wildman–Crippen MR) is 83.0 cm³/mol. The highest BCUT2D eigenvalue weighted by atomic mass is 15.1. The van der Waals surface area contributed by atoms with E-state index in [4.69, 9.17) is 0 Å². The molecule has 0 atom stereocenters. The van der Waals surface area contributed by atoms with Crippen LogP contribution in [-0.4, -0.2) is 23.8 Å². The second-order valence-electron chi connectivity index (χ2n) is 5.71. The molecule has 3 nitrogen and oxygen atoms in total. The first-order valence-electron chi connectivity index (χ1n) is 7.60. The first-order chi connectivity index (χ1) is 9.79. The molecule has 1 aromatic carbocycles. The van der Waals surface area contributed by atoms with Crippen molar-refractivity contribution in [1.29, 1.82) is 0 Å². The lowest BCUT2D eigenvalue weighted by Crippen LogP contribution is -2.11. The molecule has 0 fully saturated rings. The Balaban J connectivity index is 1.98. The van der Waals surface area contributed by atoms with E-state index in [1.807, 2.05) is 7.05 Å². The zero-order valence-corrected chi connectivity index (χ0v) is 12.4. The van der Waals surface area contributed by atoms with Crippen LogP contribution in [0, 0.1) is 6.92 Å². The first-order valence-corrected chi connectivity index (χ1v) is 7.60. The summed E-state index contributed by atoms with van der Waals surface area (Å²) in [7, 11) is 1.98. The molecule has 0 unspecified atom stereocenters. The number of H-pyrrole nitrogens is 1. The van der Waals surface area contributed by atoms with E-state index in [1.165, 1.54) is 59.3 Å². The predicted octanol–water partition coefficient (Wildman–Crippen LogP) is 3.03. The lowest BCUT2D eigenvalue weighted by atomic mass is 9.88. The van der Waals surface area contributed by atoms with Crippen molar-refractivity contribution in [3.8, 4) is 11.1 Å². The van der Waals surface area contributed by atoms with Gasteiger partial charge in [0.15, 0.2) is 0 Å². The summed E-state index contributed by atoms with van der Waals surface area (Å²) in [5.41, 5.74) is 8.04. The Hall–Kier alpha value is -1.61. The molecule has 0 radical (unpaired) electrons. The lowest BCUT2D eigenvalue weighted by molar-refractivity contribution is 0.686. The van der Waals surface area contributed by atoms with Gasteiger partial charge in [-0.1, -0.05) is 18.2 Å². The molecule has 106 valence electrons. The minimum atomic E-state index is 0.961. The Labute approximate surface area is 120 Å². The molecular formula is C17H23N3. The van der Waals surface area contributed by atoms with Crippen molar-refractivity contribution in [2.45, 2.75) is 39.0 Å². The maximum Gasteiger partial charge on any atom is 0.0715 e. The summed E-state index contributed by atoms with van der Waals surface area (Å²) in [4.78, 5) is 0. The van der Waals surface area contributed by atoms with Gasteiger partial charge in [-0.25, -0.2) is 0 Å². The van der Waals surface area contributed by atoms with Crippen LogP contribution in [0.2, 0.25) is 0 Å². The SMILES string of the molecule is CNCCc1n[nH]c(C)c1-c1ccc2c(c1)CCCC2. The monoisotopic (exact) mass is 269 g/mol. The molecule has 0 aliphatic heterocycles. The fourth-order valence-electron chi connectivity index (χ4n) is 3.18. The maximum absolute atomic E-state index is 4.48. The highest BCUT2D eigenvalue weighted by molar-refractivity contribution is 5.69. The third-order valence-electron chi connectivity index (χ3n) is 4.27. The number of benzene rings is 1. The van der Waals surface area contributed by atoms with Gasteiger partial charge in [0, 0.05) is 24.2 Å². The molecule has 1 aliphatic carbocycles. The van der Waals surface area contributed by atoms with Gasteiger partial charge in [0.1, 0.15) is 0 Å². The molecule has 0 spiro atoms. The molecule has 0 bridgehead atoms. The van der Waals surface area contributed by atoms with Crippen molar-refractivity contribution in [3.05, 3.63) is 40.7 Å². The van der Waals surface area contributed by atoms with Crippen LogP contribution in [0.4, 0.5) is 0 Å². The molecule has 3 rings (SSSR count). The summed E-state index contributed by atoms with van der Waals surface area (Å²) in [6.07, 6.45) is 6.10. The van der Waals surface area contributed by atoms with Crippen molar-refractivity contribution < 1.29 is 0 Å². The van der Waals surface area contributed by atoms with E-state index < -0.39 is 0 Å². The summed E-state index contributed by atoms with van der Waals surface area (Å²) in [6.45, 7) is 3.08. The quantitative estimate of drug-likeness (QED) is 0.895. The Kier molecular flexibility index (Phi) is 3.88. The van der Waals surface area contributed by atoms with Crippen molar-refractivity contribution in [3.63, 3.8) is 0 Å². The minimum absolute atomic E-state index is 0.961. The summed E-state index contributed by atoms with van der Waals surface area (Å²) in [6, 6.07) is 6.97. The van der Waals surface area contributed by atoms with Crippen LogP contribution in [0.15, 0.2) is 18.2 Å². The van der Waals surface area contributed by atoms with Gasteiger partial charge in [0.2, 0.25) is 0 Å². The van der Waals surface area contributed by atoms with Gasteiger partial charge in [0.05, 0.1) is 5.69 Å². The summed E-state index contributed by atoms with van der Waals surface area (Å²) in [5, 5.41) is 10.8. The number of hydrogen-bond acceptors (Lipinski definition) is 2. The Morgan fingerprint density at radius 2 is 2.00 bits per heavy atom. The number of nitrogens with zero attached hydrogens (tertiary/aromatic N) is 1. The van der Waals surface area contributed by atoms with Gasteiger partial charge in [-0.05, 0) is 56.3 Å². The third kappa shape index (κ3) is 2.50. The fourth-order valence-corrected chi connectivity index (χ4v) is 3.18. The van der Waals surface area contributed by atoms with Gasteiger partial charge in [-0.2, -0.15) is 5.10 Å². The summed E-state index contributed by atoms with van der Waals surface area (Å²) in [5.74, 6) is 0. The molecule has 20 heavy (non-hydrogen) atoms. The molecule has 3 heteroatoms. The molecule has 2 N–H and O–H groups in total. The van der Waals surface area contributed by atoms with E-state index in [9.17, 15) is 0 Å². The summed E-state index contributed by atoms with van der Waals surface area (Å²) >= 11 is 0. The van der Waals surface area contributed by atoms with Crippen LogP contribution in [-0.2, 0) is 19.3 Å². The molecule has 0 saturated heterocycles. The number of hydrogen-bond donors (Lipinski definition) is 2. The van der Waals surface area contributed by atoms with Crippen molar-refractivity contribution >= 4 is 0 Å². The molecule has 0 saturated carbocycles. The molecule has 2 aromatic rings. The standard InChI is InChI=1S/C17H23N3/c1-12-17(16(20-19-12)9-10-18-2)15-8-7-13-5-3-4-6-14(13)11-15/h7-8,11,18H,3-6,9-10H2,1-2H3,(H,19,20). The number of likely N-dealkylation sites (N-methyl/N-ethyl adjacent to an activating group) is 1. The van der Waals surface area contributed by atoms with Crippen LogP contribution in [0.3, 0.4) is 0 Å². The second kappa shape index (κ2) is 5.80. The zero-order valence-electron chi connectivity index (χ0n) is 12.4. The Morgan fingerprint density at radius 1 is 1.20 bits per heavy atom. The normalized spacial score (nSPS) is 14.3. The zero-order chi connectivity index (χ0) is 13.9. The lowest BCUT2D eigenvalue weighted by Gasteiger charge is -2.17. The van der Waals surface area contributed by atoms with Crippen molar-refractivity contribution in [2.75, 3.05) is 13.6 Å². The van der Waals surface area contributed by atoms with Gasteiger partial charge < -0.3 is 5.32 Å². The summed E-state index contributed by atoms with van der Waals surface area (Å²) < 4.78 is 0. The largest absolute Gasteiger partial charge is 0.319 e. The number of fused-ring (bicyclic) bond motifs is 1. The Bertz CT molecular complexity index is 598. The fraction of sp³-hybridized carbons (Fsp3) is 0.471. The molecule has 1 aliphatic rings. The number of aromatic amines is 1. The van der Waals surface area contributed by atoms with Crippen molar-refractivity contribution in [2.24, 2.45) is 0 Å². The topological polar surface area (TPSA) is 40.7 Å².